The third-order valence-corrected chi connectivity index (χ3v) is 3.48. The summed E-state index contributed by atoms with van der Waals surface area (Å²) in [6, 6.07) is 7.64. The highest BCUT2D eigenvalue weighted by atomic mass is 19.1. The van der Waals surface area contributed by atoms with Crippen molar-refractivity contribution < 1.29 is 4.39 Å². The van der Waals surface area contributed by atoms with Crippen molar-refractivity contribution in [2.75, 3.05) is 0 Å². The Morgan fingerprint density at radius 3 is 2.89 bits per heavy atom. The average Bonchev–Trinajstić information content (AvgIpc) is 3.24. The van der Waals surface area contributed by atoms with Crippen LogP contribution in [0.25, 0.3) is 11.1 Å². The second-order valence-corrected chi connectivity index (χ2v) is 5.20. The maximum Gasteiger partial charge on any atom is 0.123 e. The Bertz CT molecular complexity index is 591. The minimum absolute atomic E-state index is 0.206. The molecule has 1 heterocycles. The van der Waals surface area contributed by atoms with Crippen molar-refractivity contribution in [3.63, 3.8) is 0 Å². The molecule has 3 rings (SSSR count). The fraction of sp³-hybridized carbons (Fsp3) is 0.312. The number of halogens is 1. The maximum atomic E-state index is 13.4. The zero-order chi connectivity index (χ0) is 13.2. The van der Waals surface area contributed by atoms with Crippen LogP contribution in [0, 0.1) is 12.7 Å². The summed E-state index contributed by atoms with van der Waals surface area (Å²) in [5.41, 5.74) is 4.11. The van der Waals surface area contributed by atoms with Gasteiger partial charge < -0.3 is 5.32 Å². The molecule has 1 saturated carbocycles. The lowest BCUT2D eigenvalue weighted by atomic mass is 10.0. The van der Waals surface area contributed by atoms with Crippen molar-refractivity contribution in [3.05, 3.63) is 53.6 Å². The average molecular weight is 256 g/mol. The molecule has 19 heavy (non-hydrogen) atoms. The molecular weight excluding hydrogens is 239 g/mol. The number of nitrogens with one attached hydrogen (secondary N) is 1. The first-order valence-corrected chi connectivity index (χ1v) is 6.66. The minimum atomic E-state index is -0.206. The van der Waals surface area contributed by atoms with Gasteiger partial charge in [0.1, 0.15) is 5.82 Å². The molecule has 1 fully saturated rings. The van der Waals surface area contributed by atoms with E-state index in [1.807, 2.05) is 13.1 Å². The van der Waals surface area contributed by atoms with Gasteiger partial charge in [0, 0.05) is 30.5 Å². The Hall–Kier alpha value is -1.74. The number of rotatable bonds is 4. The topological polar surface area (TPSA) is 24.9 Å². The summed E-state index contributed by atoms with van der Waals surface area (Å²) in [6.07, 6.45) is 6.21. The van der Waals surface area contributed by atoms with Gasteiger partial charge in [-0.15, -0.1) is 0 Å². The molecule has 2 aromatic rings. The molecule has 0 radical (unpaired) electrons. The summed E-state index contributed by atoms with van der Waals surface area (Å²) in [5, 5.41) is 3.46. The number of aromatic nitrogens is 1. The van der Waals surface area contributed by atoms with Crippen LogP contribution in [0.4, 0.5) is 4.39 Å². The molecule has 1 aromatic heterocycles. The first-order valence-electron chi connectivity index (χ1n) is 6.66. The number of hydrogen-bond acceptors (Lipinski definition) is 2. The van der Waals surface area contributed by atoms with E-state index < -0.39 is 0 Å². The van der Waals surface area contributed by atoms with Crippen LogP contribution in [0.3, 0.4) is 0 Å². The molecule has 98 valence electrons. The highest BCUT2D eigenvalue weighted by Gasteiger charge is 2.20. The summed E-state index contributed by atoms with van der Waals surface area (Å²) in [4.78, 5) is 4.27. The van der Waals surface area contributed by atoms with E-state index in [1.54, 1.807) is 18.3 Å². The summed E-state index contributed by atoms with van der Waals surface area (Å²) in [7, 11) is 0. The zero-order valence-electron chi connectivity index (χ0n) is 11.0. The molecule has 2 nitrogen and oxygen atoms in total. The molecule has 1 aromatic carbocycles. The second kappa shape index (κ2) is 5.10. The Morgan fingerprint density at radius 2 is 2.11 bits per heavy atom. The SMILES string of the molecule is Cc1ccc(F)cc1-c1cncc(CNC2CC2)c1. The molecule has 0 amide bonds. The molecular formula is C16H17FN2. The molecule has 1 aliphatic carbocycles. The number of nitrogens with zero attached hydrogens (tertiary/aromatic N) is 1. The summed E-state index contributed by atoms with van der Waals surface area (Å²) in [5.74, 6) is -0.206. The van der Waals surface area contributed by atoms with Crippen LogP contribution in [0.1, 0.15) is 24.0 Å². The Labute approximate surface area is 112 Å². The first kappa shape index (κ1) is 12.3. The molecule has 0 unspecified atom stereocenters. The van der Waals surface area contributed by atoms with Gasteiger partial charge in [-0.05, 0) is 54.7 Å². The van der Waals surface area contributed by atoms with E-state index in [1.165, 1.54) is 18.9 Å². The van der Waals surface area contributed by atoms with E-state index in [9.17, 15) is 4.39 Å². The van der Waals surface area contributed by atoms with E-state index in [2.05, 4.69) is 16.4 Å². The number of benzene rings is 1. The normalized spacial score (nSPS) is 14.6. The van der Waals surface area contributed by atoms with Crippen LogP contribution in [-0.2, 0) is 6.54 Å². The maximum absolute atomic E-state index is 13.4. The van der Waals surface area contributed by atoms with Crippen LogP contribution >= 0.6 is 0 Å². The van der Waals surface area contributed by atoms with Gasteiger partial charge in [-0.25, -0.2) is 4.39 Å². The Morgan fingerprint density at radius 1 is 1.26 bits per heavy atom. The highest BCUT2D eigenvalue weighted by Crippen LogP contribution is 2.25. The number of aryl methyl sites for hydroxylation is 1. The van der Waals surface area contributed by atoms with Gasteiger partial charge in [-0.3, -0.25) is 4.98 Å². The molecule has 0 bridgehead atoms. The number of hydrogen-bond donors (Lipinski definition) is 1. The monoisotopic (exact) mass is 256 g/mol. The van der Waals surface area contributed by atoms with Crippen LogP contribution < -0.4 is 5.32 Å². The first-order chi connectivity index (χ1) is 9.22. The third kappa shape index (κ3) is 2.99. The highest BCUT2D eigenvalue weighted by molar-refractivity contribution is 5.66. The predicted molar refractivity (Wildman–Crippen MR) is 74.2 cm³/mol. The van der Waals surface area contributed by atoms with E-state index in [4.69, 9.17) is 0 Å². The molecule has 1 N–H and O–H groups in total. The fourth-order valence-electron chi connectivity index (χ4n) is 2.19. The Kier molecular flexibility index (Phi) is 3.30. The van der Waals surface area contributed by atoms with Crippen molar-refractivity contribution in [1.29, 1.82) is 0 Å². The van der Waals surface area contributed by atoms with E-state index in [0.717, 1.165) is 28.8 Å². The second-order valence-electron chi connectivity index (χ2n) is 5.20. The van der Waals surface area contributed by atoms with Gasteiger partial charge in [0.05, 0.1) is 0 Å². The minimum Gasteiger partial charge on any atom is -0.310 e. The van der Waals surface area contributed by atoms with Crippen LogP contribution in [-0.4, -0.2) is 11.0 Å². The van der Waals surface area contributed by atoms with Crippen molar-refractivity contribution in [1.82, 2.24) is 10.3 Å². The van der Waals surface area contributed by atoms with Crippen LogP contribution in [0.15, 0.2) is 36.7 Å². The standard InChI is InChI=1S/C16H17FN2/c1-11-2-3-14(17)7-16(11)13-6-12(8-18-10-13)9-19-15-4-5-15/h2-3,6-8,10,15,19H,4-5,9H2,1H3. The predicted octanol–water partition coefficient (Wildman–Crippen LogP) is 3.45. The van der Waals surface area contributed by atoms with Crippen LogP contribution in [0.2, 0.25) is 0 Å². The van der Waals surface area contributed by atoms with Crippen molar-refractivity contribution in [2.24, 2.45) is 0 Å². The summed E-state index contributed by atoms with van der Waals surface area (Å²) >= 11 is 0. The van der Waals surface area contributed by atoms with Crippen molar-refractivity contribution in [3.8, 4) is 11.1 Å². The van der Waals surface area contributed by atoms with Gasteiger partial charge >= 0.3 is 0 Å². The molecule has 3 heteroatoms. The largest absolute Gasteiger partial charge is 0.310 e. The lowest BCUT2D eigenvalue weighted by Crippen LogP contribution is -2.15. The van der Waals surface area contributed by atoms with E-state index in [0.29, 0.717) is 6.04 Å². The molecule has 0 saturated heterocycles. The smallest absolute Gasteiger partial charge is 0.123 e. The van der Waals surface area contributed by atoms with Crippen molar-refractivity contribution in [2.45, 2.75) is 32.4 Å². The third-order valence-electron chi connectivity index (χ3n) is 3.48. The van der Waals surface area contributed by atoms with Gasteiger partial charge in [0.15, 0.2) is 0 Å². The van der Waals surface area contributed by atoms with Gasteiger partial charge in [0.2, 0.25) is 0 Å². The van der Waals surface area contributed by atoms with Gasteiger partial charge in [-0.2, -0.15) is 0 Å². The fourth-order valence-corrected chi connectivity index (χ4v) is 2.19. The Balaban J connectivity index is 1.86. The summed E-state index contributed by atoms with van der Waals surface area (Å²) in [6.45, 7) is 2.82. The molecule has 0 atom stereocenters. The molecule has 0 spiro atoms. The van der Waals surface area contributed by atoms with Crippen molar-refractivity contribution >= 4 is 0 Å². The van der Waals surface area contributed by atoms with E-state index in [-0.39, 0.29) is 5.82 Å². The lowest BCUT2D eigenvalue weighted by molar-refractivity contribution is 0.628. The van der Waals surface area contributed by atoms with E-state index >= 15 is 0 Å². The zero-order valence-corrected chi connectivity index (χ0v) is 11.0. The molecule has 1 aliphatic rings. The van der Waals surface area contributed by atoms with Crippen LogP contribution in [0.5, 0.6) is 0 Å². The molecule has 0 aliphatic heterocycles. The quantitative estimate of drug-likeness (QED) is 0.906. The number of pyridine rings is 1. The van der Waals surface area contributed by atoms with Gasteiger partial charge in [-0.1, -0.05) is 6.07 Å². The van der Waals surface area contributed by atoms with Gasteiger partial charge in [0.25, 0.3) is 0 Å². The lowest BCUT2D eigenvalue weighted by Gasteiger charge is -2.08. The summed E-state index contributed by atoms with van der Waals surface area (Å²) < 4.78 is 13.4.